The van der Waals surface area contributed by atoms with Crippen molar-refractivity contribution in [1.29, 1.82) is 0 Å². The molecule has 86 valence electrons. The van der Waals surface area contributed by atoms with Gasteiger partial charge in [0, 0.05) is 0 Å². The number of carbonyl (C=O) groups is 1. The molecule has 0 saturated heterocycles. The number of halogens is 4. The Morgan fingerprint density at radius 2 is 2.00 bits per heavy atom. The van der Waals surface area contributed by atoms with Crippen LogP contribution in [0.4, 0.5) is 13.2 Å². The zero-order valence-corrected chi connectivity index (χ0v) is 8.86. The van der Waals surface area contributed by atoms with E-state index in [0.29, 0.717) is 6.08 Å². The average Bonchev–Trinajstić information content (AvgIpc) is 2.50. The summed E-state index contributed by atoms with van der Waals surface area (Å²) < 4.78 is 37.3. The van der Waals surface area contributed by atoms with E-state index in [1.807, 2.05) is 0 Å². The zero-order valence-electron chi connectivity index (χ0n) is 8.10. The fraction of sp³-hybridized carbons (Fsp3) is 0.667. The summed E-state index contributed by atoms with van der Waals surface area (Å²) in [5.41, 5.74) is -0.703. The summed E-state index contributed by atoms with van der Waals surface area (Å²) in [6, 6.07) is 0. The highest BCUT2D eigenvalue weighted by atomic mass is 35.5. The van der Waals surface area contributed by atoms with Crippen LogP contribution in [-0.4, -0.2) is 16.5 Å². The second kappa shape index (κ2) is 3.40. The fourth-order valence-corrected chi connectivity index (χ4v) is 1.78. The number of carboxylic acids is 1. The lowest BCUT2D eigenvalue weighted by Crippen LogP contribution is -2.07. The quantitative estimate of drug-likeness (QED) is 0.773. The van der Waals surface area contributed by atoms with Crippen LogP contribution < -0.4 is 0 Å². The number of carboxylic acid groups (broad SMARTS) is 1. The minimum absolute atomic E-state index is 0.603. The molecule has 2 atom stereocenters. The maximum absolute atomic E-state index is 12.8. The summed E-state index contributed by atoms with van der Waals surface area (Å²) in [5.74, 6) is -4.47. The lowest BCUT2D eigenvalue weighted by Gasteiger charge is -2.04. The summed E-state index contributed by atoms with van der Waals surface area (Å²) in [7, 11) is 0. The van der Waals surface area contributed by atoms with Crippen LogP contribution in [0, 0.1) is 17.3 Å². The van der Waals surface area contributed by atoms with E-state index in [-0.39, 0.29) is 0 Å². The van der Waals surface area contributed by atoms with Gasteiger partial charge in [0.15, 0.2) is 5.83 Å². The number of hydrogen-bond donors (Lipinski definition) is 1. The van der Waals surface area contributed by atoms with Crippen LogP contribution in [-0.2, 0) is 4.79 Å². The number of rotatable bonds is 3. The molecule has 2 nitrogen and oxygen atoms in total. The summed E-state index contributed by atoms with van der Waals surface area (Å²) in [6.07, 6.45) is 0.603. The average molecular weight is 243 g/mol. The van der Waals surface area contributed by atoms with Crippen LogP contribution in [0.3, 0.4) is 0 Å². The molecule has 1 aliphatic carbocycles. The first-order chi connectivity index (χ1) is 6.58. The van der Waals surface area contributed by atoms with Crippen molar-refractivity contribution in [1.82, 2.24) is 0 Å². The standard InChI is InChI=1S/C9H10ClF3O2/c1-8(2)4(6(8)7(14)15)3-5(11)9(10,12)13/h3-4,6H,1-2H3,(H,14,15)/t4-,6+/m0/s1. The smallest absolute Gasteiger partial charge is 0.373 e. The molecule has 0 bridgehead atoms. The van der Waals surface area contributed by atoms with Crippen molar-refractivity contribution >= 4 is 17.6 Å². The van der Waals surface area contributed by atoms with E-state index in [0.717, 1.165) is 0 Å². The van der Waals surface area contributed by atoms with Gasteiger partial charge < -0.3 is 5.11 Å². The normalized spacial score (nSPS) is 30.1. The predicted molar refractivity (Wildman–Crippen MR) is 48.4 cm³/mol. The fourth-order valence-electron chi connectivity index (χ4n) is 1.71. The molecule has 15 heavy (non-hydrogen) atoms. The third-order valence-electron chi connectivity index (χ3n) is 2.77. The third kappa shape index (κ3) is 2.27. The maximum atomic E-state index is 12.8. The summed E-state index contributed by atoms with van der Waals surface area (Å²) in [4.78, 5) is 10.6. The molecule has 6 heteroatoms. The first kappa shape index (κ1) is 12.4. The van der Waals surface area contributed by atoms with Gasteiger partial charge in [-0.05, 0) is 29.0 Å². The Labute approximate surface area is 89.7 Å². The molecule has 1 aliphatic rings. The second-order valence-corrected chi connectivity index (χ2v) is 4.65. The third-order valence-corrected chi connectivity index (χ3v) is 2.95. The van der Waals surface area contributed by atoms with Gasteiger partial charge in [-0.3, -0.25) is 4.79 Å². The Balaban J connectivity index is 2.83. The van der Waals surface area contributed by atoms with Crippen molar-refractivity contribution in [2.24, 2.45) is 17.3 Å². The molecule has 0 aromatic carbocycles. The van der Waals surface area contributed by atoms with Gasteiger partial charge in [0.05, 0.1) is 5.92 Å². The largest absolute Gasteiger partial charge is 0.481 e. The molecule has 0 aromatic heterocycles. The molecule has 0 radical (unpaired) electrons. The first-order valence-electron chi connectivity index (χ1n) is 4.26. The zero-order chi connectivity index (χ0) is 12.0. The molecule has 1 N–H and O–H groups in total. The van der Waals surface area contributed by atoms with E-state index in [2.05, 4.69) is 11.6 Å². The van der Waals surface area contributed by atoms with Crippen molar-refractivity contribution in [3.63, 3.8) is 0 Å². The lowest BCUT2D eigenvalue weighted by atomic mass is 10.1. The van der Waals surface area contributed by atoms with Gasteiger partial charge >= 0.3 is 11.4 Å². The van der Waals surface area contributed by atoms with Crippen LogP contribution in [0.2, 0.25) is 0 Å². The van der Waals surface area contributed by atoms with Crippen molar-refractivity contribution < 1.29 is 23.1 Å². The lowest BCUT2D eigenvalue weighted by molar-refractivity contribution is -0.139. The molecule has 0 spiro atoms. The van der Waals surface area contributed by atoms with Gasteiger partial charge in [-0.2, -0.15) is 8.78 Å². The Kier molecular flexibility index (Phi) is 2.80. The van der Waals surface area contributed by atoms with Gasteiger partial charge in [0.2, 0.25) is 0 Å². The molecule has 0 unspecified atom stereocenters. The SMILES string of the molecule is CC1(C)[C@@H](C=C(F)C(F)(F)Cl)[C@@H]1C(=O)O. The van der Waals surface area contributed by atoms with E-state index >= 15 is 0 Å². The van der Waals surface area contributed by atoms with Gasteiger partial charge in [-0.1, -0.05) is 13.8 Å². The predicted octanol–water partition coefficient (Wildman–Crippen LogP) is 3.03. The van der Waals surface area contributed by atoms with Crippen LogP contribution in [0.15, 0.2) is 11.9 Å². The van der Waals surface area contributed by atoms with Crippen molar-refractivity contribution in [3.8, 4) is 0 Å². The topological polar surface area (TPSA) is 37.3 Å². The highest BCUT2D eigenvalue weighted by molar-refractivity contribution is 6.23. The highest BCUT2D eigenvalue weighted by Gasteiger charge is 2.61. The Bertz CT molecular complexity index is 320. The van der Waals surface area contributed by atoms with Gasteiger partial charge in [0.1, 0.15) is 0 Å². The maximum Gasteiger partial charge on any atom is 0.373 e. The molecule has 1 fully saturated rings. The van der Waals surface area contributed by atoms with E-state index in [4.69, 9.17) is 5.11 Å². The van der Waals surface area contributed by atoms with E-state index in [1.165, 1.54) is 0 Å². The van der Waals surface area contributed by atoms with E-state index in [1.54, 1.807) is 13.8 Å². The molecule has 1 saturated carbocycles. The van der Waals surface area contributed by atoms with Crippen LogP contribution in [0.5, 0.6) is 0 Å². The molecule has 0 aliphatic heterocycles. The number of alkyl halides is 3. The monoisotopic (exact) mass is 242 g/mol. The first-order valence-corrected chi connectivity index (χ1v) is 4.63. The Morgan fingerprint density at radius 3 is 2.27 bits per heavy atom. The minimum atomic E-state index is -4.05. The molecule has 0 aromatic rings. The van der Waals surface area contributed by atoms with Crippen molar-refractivity contribution in [2.45, 2.75) is 19.2 Å². The minimum Gasteiger partial charge on any atom is -0.481 e. The number of hydrogen-bond acceptors (Lipinski definition) is 1. The second-order valence-electron chi connectivity index (χ2n) is 4.18. The molecular weight excluding hydrogens is 233 g/mol. The number of allylic oxidation sites excluding steroid dienone is 2. The summed E-state index contributed by atoms with van der Waals surface area (Å²) in [5, 5.41) is 4.65. The Hall–Kier alpha value is -0.710. The van der Waals surface area contributed by atoms with Gasteiger partial charge in [-0.15, -0.1) is 0 Å². The van der Waals surface area contributed by atoms with Gasteiger partial charge in [-0.25, -0.2) is 4.39 Å². The van der Waals surface area contributed by atoms with Crippen LogP contribution in [0.25, 0.3) is 0 Å². The van der Waals surface area contributed by atoms with E-state index in [9.17, 15) is 18.0 Å². The van der Waals surface area contributed by atoms with Gasteiger partial charge in [0.25, 0.3) is 0 Å². The summed E-state index contributed by atoms with van der Waals surface area (Å²) >= 11 is 4.45. The van der Waals surface area contributed by atoms with E-state index < -0.39 is 34.4 Å². The summed E-state index contributed by atoms with van der Waals surface area (Å²) in [6.45, 7) is 3.15. The molecule has 0 heterocycles. The van der Waals surface area contributed by atoms with Crippen molar-refractivity contribution in [3.05, 3.63) is 11.9 Å². The molecule has 0 amide bonds. The van der Waals surface area contributed by atoms with Crippen LogP contribution >= 0.6 is 11.6 Å². The number of aliphatic carboxylic acids is 1. The highest BCUT2D eigenvalue weighted by Crippen LogP contribution is 2.59. The molecule has 1 rings (SSSR count). The Morgan fingerprint density at radius 1 is 1.53 bits per heavy atom. The van der Waals surface area contributed by atoms with Crippen molar-refractivity contribution in [2.75, 3.05) is 0 Å². The van der Waals surface area contributed by atoms with Crippen LogP contribution in [0.1, 0.15) is 13.8 Å². The molecular formula is C9H10ClF3O2.